The zero-order valence-electron chi connectivity index (χ0n) is 10.4. The van der Waals surface area contributed by atoms with E-state index in [2.05, 4.69) is 26.0 Å². The van der Waals surface area contributed by atoms with Gasteiger partial charge in [-0.25, -0.2) is 0 Å². The van der Waals surface area contributed by atoms with Crippen molar-refractivity contribution in [2.24, 2.45) is 5.92 Å². The van der Waals surface area contributed by atoms with Crippen LogP contribution in [0, 0.1) is 12.8 Å². The maximum atomic E-state index is 9.41. The van der Waals surface area contributed by atoms with Gasteiger partial charge in [0.05, 0.1) is 6.10 Å². The van der Waals surface area contributed by atoms with Gasteiger partial charge in [-0.3, -0.25) is 0 Å². The highest BCUT2D eigenvalue weighted by Gasteiger charge is 2.20. The minimum Gasteiger partial charge on any atom is -0.396 e. The maximum Gasteiger partial charge on any atom is 0.0515 e. The third-order valence-electron chi connectivity index (χ3n) is 3.26. The van der Waals surface area contributed by atoms with Gasteiger partial charge in [-0.1, -0.05) is 31.2 Å². The Bertz CT molecular complexity index is 320. The van der Waals surface area contributed by atoms with Gasteiger partial charge in [-0.2, -0.15) is 0 Å². The molecule has 0 aromatic heterocycles. The van der Waals surface area contributed by atoms with Crippen molar-refractivity contribution < 1.29 is 10.2 Å². The molecule has 90 valence electrons. The summed E-state index contributed by atoms with van der Waals surface area (Å²) in [6.45, 7) is 6.10. The number of hydrogen-bond acceptors (Lipinski definition) is 2. The summed E-state index contributed by atoms with van der Waals surface area (Å²) in [6.07, 6.45) is 0.287. The Morgan fingerprint density at radius 2 is 1.81 bits per heavy atom. The third-order valence-corrected chi connectivity index (χ3v) is 3.26. The molecule has 2 N–H and O–H groups in total. The molecule has 3 atom stereocenters. The lowest BCUT2D eigenvalue weighted by Crippen LogP contribution is -2.20. The van der Waals surface area contributed by atoms with E-state index in [4.69, 9.17) is 0 Å². The molecule has 2 heteroatoms. The molecule has 1 aromatic rings. The fourth-order valence-corrected chi connectivity index (χ4v) is 2.23. The zero-order valence-corrected chi connectivity index (χ0v) is 10.4. The summed E-state index contributed by atoms with van der Waals surface area (Å²) < 4.78 is 0. The minimum atomic E-state index is -0.358. The third kappa shape index (κ3) is 3.32. The first kappa shape index (κ1) is 13.2. The van der Waals surface area contributed by atoms with Crippen LogP contribution in [0.3, 0.4) is 0 Å². The highest BCUT2D eigenvalue weighted by molar-refractivity contribution is 5.29. The molecule has 0 amide bonds. The van der Waals surface area contributed by atoms with Crippen LogP contribution >= 0.6 is 0 Å². The molecule has 1 rings (SSSR count). The van der Waals surface area contributed by atoms with Crippen LogP contribution in [0.4, 0.5) is 0 Å². The van der Waals surface area contributed by atoms with E-state index in [1.54, 1.807) is 6.92 Å². The van der Waals surface area contributed by atoms with Gasteiger partial charge < -0.3 is 10.2 Å². The molecule has 0 saturated heterocycles. The largest absolute Gasteiger partial charge is 0.396 e. The molecule has 0 radical (unpaired) electrons. The van der Waals surface area contributed by atoms with E-state index in [1.165, 1.54) is 11.1 Å². The average molecular weight is 222 g/mol. The van der Waals surface area contributed by atoms with Gasteiger partial charge in [0.1, 0.15) is 0 Å². The maximum absolute atomic E-state index is 9.41. The molecule has 0 aliphatic heterocycles. The van der Waals surface area contributed by atoms with E-state index < -0.39 is 0 Å². The fraction of sp³-hybridized carbons (Fsp3) is 0.571. The van der Waals surface area contributed by atoms with Crippen molar-refractivity contribution in [3.05, 3.63) is 35.4 Å². The van der Waals surface area contributed by atoms with Crippen LogP contribution in [0.15, 0.2) is 24.3 Å². The van der Waals surface area contributed by atoms with Crippen molar-refractivity contribution in [3.63, 3.8) is 0 Å². The molecule has 3 unspecified atom stereocenters. The normalized spacial score (nSPS) is 16.8. The molecule has 16 heavy (non-hydrogen) atoms. The molecule has 0 spiro atoms. The lowest BCUT2D eigenvalue weighted by molar-refractivity contribution is 0.118. The highest BCUT2D eigenvalue weighted by Crippen LogP contribution is 2.29. The van der Waals surface area contributed by atoms with E-state index >= 15 is 0 Å². The number of aryl methyl sites for hydroxylation is 1. The van der Waals surface area contributed by atoms with Gasteiger partial charge in [0.15, 0.2) is 0 Å². The molecular formula is C14H22O2. The number of aliphatic hydroxyl groups is 2. The van der Waals surface area contributed by atoms with Crippen molar-refractivity contribution in [1.29, 1.82) is 0 Å². The van der Waals surface area contributed by atoms with Gasteiger partial charge in [0.2, 0.25) is 0 Å². The zero-order chi connectivity index (χ0) is 12.1. The van der Waals surface area contributed by atoms with Crippen LogP contribution in [0.2, 0.25) is 0 Å². The second kappa shape index (κ2) is 6.02. The minimum absolute atomic E-state index is 0.125. The van der Waals surface area contributed by atoms with Gasteiger partial charge in [-0.05, 0) is 43.2 Å². The van der Waals surface area contributed by atoms with E-state index in [0.29, 0.717) is 6.42 Å². The van der Waals surface area contributed by atoms with Crippen LogP contribution in [0.1, 0.15) is 37.3 Å². The number of hydrogen-bond donors (Lipinski definition) is 2. The van der Waals surface area contributed by atoms with Crippen LogP contribution in [0.5, 0.6) is 0 Å². The summed E-state index contributed by atoms with van der Waals surface area (Å²) in [4.78, 5) is 0. The summed E-state index contributed by atoms with van der Waals surface area (Å²) in [7, 11) is 0. The van der Waals surface area contributed by atoms with Crippen molar-refractivity contribution in [3.8, 4) is 0 Å². The predicted molar refractivity (Wildman–Crippen MR) is 66.5 cm³/mol. The molecule has 0 heterocycles. The first-order valence-corrected chi connectivity index (χ1v) is 5.90. The Hall–Kier alpha value is -0.860. The van der Waals surface area contributed by atoms with Gasteiger partial charge >= 0.3 is 0 Å². The standard InChI is InChI=1S/C14H22O2/c1-10-6-4-5-7-14(10)12(3)13(9-15)8-11(2)16/h4-7,11-13,15-16H,8-9H2,1-3H3. The van der Waals surface area contributed by atoms with E-state index in [-0.39, 0.29) is 24.5 Å². The monoisotopic (exact) mass is 222 g/mol. The second-order valence-corrected chi connectivity index (χ2v) is 4.67. The Kier molecular flexibility index (Phi) is 4.97. The molecule has 0 bridgehead atoms. The van der Waals surface area contributed by atoms with Crippen LogP contribution < -0.4 is 0 Å². The Morgan fingerprint density at radius 3 is 2.31 bits per heavy atom. The fourth-order valence-electron chi connectivity index (χ4n) is 2.23. The summed E-state index contributed by atoms with van der Waals surface area (Å²) in [5.74, 6) is 0.405. The molecule has 1 aromatic carbocycles. The molecule has 0 fully saturated rings. The lowest BCUT2D eigenvalue weighted by Gasteiger charge is -2.24. The number of benzene rings is 1. The first-order valence-electron chi connectivity index (χ1n) is 5.90. The van der Waals surface area contributed by atoms with Crippen LogP contribution in [-0.4, -0.2) is 22.9 Å². The molecule has 0 aliphatic carbocycles. The van der Waals surface area contributed by atoms with E-state index in [0.717, 1.165) is 0 Å². The average Bonchev–Trinajstić information content (AvgIpc) is 2.25. The summed E-state index contributed by atoms with van der Waals surface area (Å²) >= 11 is 0. The Morgan fingerprint density at radius 1 is 1.19 bits per heavy atom. The topological polar surface area (TPSA) is 40.5 Å². The van der Waals surface area contributed by atoms with Crippen molar-refractivity contribution >= 4 is 0 Å². The van der Waals surface area contributed by atoms with Crippen molar-refractivity contribution in [1.82, 2.24) is 0 Å². The Labute approximate surface area is 97.9 Å². The highest BCUT2D eigenvalue weighted by atomic mass is 16.3. The summed E-state index contributed by atoms with van der Waals surface area (Å²) in [5.41, 5.74) is 2.52. The Balaban J connectivity index is 2.82. The van der Waals surface area contributed by atoms with Gasteiger partial charge in [0, 0.05) is 6.61 Å². The smallest absolute Gasteiger partial charge is 0.0515 e. The first-order chi connectivity index (χ1) is 7.56. The number of rotatable bonds is 5. The quantitative estimate of drug-likeness (QED) is 0.803. The van der Waals surface area contributed by atoms with Gasteiger partial charge in [-0.15, -0.1) is 0 Å². The molecule has 2 nitrogen and oxygen atoms in total. The van der Waals surface area contributed by atoms with Crippen molar-refractivity contribution in [2.75, 3.05) is 6.61 Å². The number of aliphatic hydroxyl groups excluding tert-OH is 2. The van der Waals surface area contributed by atoms with Crippen molar-refractivity contribution in [2.45, 2.75) is 39.2 Å². The molecule has 0 saturated carbocycles. The molecular weight excluding hydrogens is 200 g/mol. The van der Waals surface area contributed by atoms with E-state index in [1.807, 2.05) is 12.1 Å². The summed E-state index contributed by atoms with van der Waals surface area (Å²) in [6, 6.07) is 8.23. The summed E-state index contributed by atoms with van der Waals surface area (Å²) in [5, 5.41) is 18.8. The lowest BCUT2D eigenvalue weighted by atomic mass is 9.83. The van der Waals surface area contributed by atoms with E-state index in [9.17, 15) is 10.2 Å². The van der Waals surface area contributed by atoms with Crippen LogP contribution in [-0.2, 0) is 0 Å². The second-order valence-electron chi connectivity index (χ2n) is 4.67. The SMILES string of the molecule is Cc1ccccc1C(C)C(CO)CC(C)O. The predicted octanol–water partition coefficient (Wildman–Crippen LogP) is 2.48. The van der Waals surface area contributed by atoms with Gasteiger partial charge in [0.25, 0.3) is 0 Å². The van der Waals surface area contributed by atoms with Crippen LogP contribution in [0.25, 0.3) is 0 Å². The molecule has 0 aliphatic rings.